The predicted octanol–water partition coefficient (Wildman–Crippen LogP) is 17.6. The van der Waals surface area contributed by atoms with Crippen molar-refractivity contribution in [2.45, 2.75) is 69.6 Å². The first-order valence-electron chi connectivity index (χ1n) is 27.2. The maximum Gasteiger partial charge on any atom is 0.137 e. The van der Waals surface area contributed by atoms with E-state index in [-0.39, 0.29) is 29.1 Å². The van der Waals surface area contributed by atoms with Crippen molar-refractivity contribution in [2.75, 3.05) is 16.5 Å². The quantitative estimate of drug-likeness (QED) is 0.166. The number of fused-ring (bicyclic) bond motifs is 4. The number of para-hydroxylation sites is 1. The van der Waals surface area contributed by atoms with E-state index in [0.29, 0.717) is 12.6 Å². The molecule has 4 bridgehead atoms. The van der Waals surface area contributed by atoms with E-state index >= 15 is 0 Å². The molecule has 76 heavy (non-hydrogen) atoms. The molecular weight excluding hydrogens is 925 g/mol. The summed E-state index contributed by atoms with van der Waals surface area (Å²) in [6.07, 6.45) is 1.99. The molecule has 0 amide bonds. The van der Waals surface area contributed by atoms with Crippen LogP contribution in [0.4, 0.5) is 22.7 Å². The van der Waals surface area contributed by atoms with Gasteiger partial charge in [-0.1, -0.05) is 174 Å². The Morgan fingerprint density at radius 1 is 0.474 bits per heavy atom. The van der Waals surface area contributed by atoms with Crippen molar-refractivity contribution in [3.8, 4) is 17.3 Å². The highest BCUT2D eigenvalue weighted by Gasteiger charge is 2.47. The van der Waals surface area contributed by atoms with Gasteiger partial charge in [0.2, 0.25) is 0 Å². The highest BCUT2D eigenvalue weighted by molar-refractivity contribution is 6.12. The molecule has 0 atom stereocenters. The third kappa shape index (κ3) is 6.05. The number of anilines is 4. The fourth-order valence-electron chi connectivity index (χ4n) is 14.5. The molecule has 0 saturated heterocycles. The Hall–Kier alpha value is -8.67. The Balaban J connectivity index is 0.841. The fraction of sp³-hybridized carbons (Fsp3) is 0.169. The molecule has 366 valence electrons. The Labute approximate surface area is 444 Å². The van der Waals surface area contributed by atoms with E-state index in [4.69, 9.17) is 9.72 Å². The number of benzene rings is 9. The summed E-state index contributed by atoms with van der Waals surface area (Å²) in [5.74, 6) is 3.43. The molecule has 6 aliphatic carbocycles. The van der Waals surface area contributed by atoms with Gasteiger partial charge >= 0.3 is 0 Å². The SMILES string of the molecule is CC(C)c1ccccc1N1CN(c2cccc(Oc3ccc4c5ccc6c(c5n(-c5cc(C(C)(C)C)ccn5)c4c3)C3c4ccccc4C6c4ccccc43)c2)c2ccc3c(c21)C1c2ccccc2C3c2ccccc21. The lowest BCUT2D eigenvalue weighted by Crippen LogP contribution is -2.29. The molecule has 11 aromatic rings. The number of ether oxygens (including phenoxy) is 1. The van der Waals surface area contributed by atoms with E-state index in [1.807, 2.05) is 6.20 Å². The van der Waals surface area contributed by atoms with Gasteiger partial charge in [-0.2, -0.15) is 0 Å². The van der Waals surface area contributed by atoms with Crippen LogP contribution in [0.15, 0.2) is 206 Å². The van der Waals surface area contributed by atoms with E-state index in [9.17, 15) is 0 Å². The van der Waals surface area contributed by atoms with Gasteiger partial charge in [0.05, 0.1) is 22.4 Å². The van der Waals surface area contributed by atoms with Crippen LogP contribution in [0.25, 0.3) is 27.6 Å². The summed E-state index contributed by atoms with van der Waals surface area (Å²) < 4.78 is 9.54. The van der Waals surface area contributed by atoms with Crippen LogP contribution in [-0.4, -0.2) is 16.2 Å². The number of nitrogens with zero attached hydrogens (tertiary/aromatic N) is 4. The smallest absolute Gasteiger partial charge is 0.137 e. The maximum absolute atomic E-state index is 7.09. The minimum atomic E-state index is -0.0629. The van der Waals surface area contributed by atoms with Crippen molar-refractivity contribution in [1.29, 1.82) is 0 Å². The van der Waals surface area contributed by atoms with E-state index in [0.717, 1.165) is 28.5 Å². The van der Waals surface area contributed by atoms with Crippen LogP contribution in [-0.2, 0) is 5.41 Å². The van der Waals surface area contributed by atoms with Gasteiger partial charge < -0.3 is 14.5 Å². The fourth-order valence-corrected chi connectivity index (χ4v) is 14.5. The van der Waals surface area contributed by atoms with Gasteiger partial charge in [0.1, 0.15) is 24.0 Å². The lowest BCUT2D eigenvalue weighted by molar-refractivity contribution is 0.483. The van der Waals surface area contributed by atoms with Crippen LogP contribution in [0.2, 0.25) is 0 Å². The molecule has 2 aromatic heterocycles. The van der Waals surface area contributed by atoms with Crippen LogP contribution in [0.5, 0.6) is 11.5 Å². The molecule has 18 rings (SSSR count). The van der Waals surface area contributed by atoms with Gasteiger partial charge in [-0.15, -0.1) is 0 Å². The highest BCUT2D eigenvalue weighted by atomic mass is 16.5. The van der Waals surface area contributed by atoms with Crippen LogP contribution >= 0.6 is 0 Å². The minimum absolute atomic E-state index is 0.0629. The zero-order valence-corrected chi connectivity index (χ0v) is 43.4. The summed E-state index contributed by atoms with van der Waals surface area (Å²) in [7, 11) is 0. The molecule has 0 unspecified atom stereocenters. The second kappa shape index (κ2) is 15.9. The summed E-state index contributed by atoms with van der Waals surface area (Å²) in [4.78, 5) is 10.3. The zero-order chi connectivity index (χ0) is 50.7. The van der Waals surface area contributed by atoms with Crippen molar-refractivity contribution in [2.24, 2.45) is 0 Å². The number of pyridine rings is 1. The highest BCUT2D eigenvalue weighted by Crippen LogP contribution is 2.63. The van der Waals surface area contributed by atoms with E-state index in [1.165, 1.54) is 111 Å². The number of hydrogen-bond acceptors (Lipinski definition) is 4. The molecule has 9 aromatic carbocycles. The molecule has 0 spiro atoms. The second-order valence-electron chi connectivity index (χ2n) is 23.1. The van der Waals surface area contributed by atoms with Gasteiger partial charge in [-0.05, 0) is 138 Å². The summed E-state index contributed by atoms with van der Waals surface area (Å²) in [5, 5.41) is 2.41. The predicted molar refractivity (Wildman–Crippen MR) is 309 cm³/mol. The van der Waals surface area contributed by atoms with Crippen LogP contribution < -0.4 is 14.5 Å². The van der Waals surface area contributed by atoms with Crippen molar-refractivity contribution in [3.05, 3.63) is 284 Å². The van der Waals surface area contributed by atoms with Crippen molar-refractivity contribution in [1.82, 2.24) is 9.55 Å². The maximum atomic E-state index is 7.09. The Morgan fingerprint density at radius 2 is 1.03 bits per heavy atom. The molecule has 5 heteroatoms. The summed E-state index contributed by atoms with van der Waals surface area (Å²) >= 11 is 0. The third-order valence-electron chi connectivity index (χ3n) is 17.8. The van der Waals surface area contributed by atoms with Crippen molar-refractivity contribution in [3.63, 3.8) is 0 Å². The van der Waals surface area contributed by atoms with Crippen molar-refractivity contribution < 1.29 is 4.74 Å². The number of hydrogen-bond donors (Lipinski definition) is 0. The normalized spacial score (nSPS) is 18.1. The summed E-state index contributed by atoms with van der Waals surface area (Å²) in [6.45, 7) is 12.2. The number of rotatable bonds is 6. The second-order valence-corrected chi connectivity index (χ2v) is 23.1. The minimum Gasteiger partial charge on any atom is -0.457 e. The molecule has 3 heterocycles. The topological polar surface area (TPSA) is 33.5 Å². The van der Waals surface area contributed by atoms with E-state index < -0.39 is 0 Å². The first-order chi connectivity index (χ1) is 37.2. The average molecular weight is 981 g/mol. The Morgan fingerprint density at radius 3 is 1.66 bits per heavy atom. The van der Waals surface area contributed by atoms with Crippen molar-refractivity contribution >= 4 is 44.6 Å². The van der Waals surface area contributed by atoms with Gasteiger partial charge in [0.15, 0.2) is 0 Å². The first kappa shape index (κ1) is 43.7. The molecule has 1 aliphatic heterocycles. The standard InChI is InChI=1S/C71H56N4O/c1-41(2)46-19-14-15-28-59(46)74-40-73(60-34-33-58-64-50-22-8-12-26-54(50)66(68(58)70(60)74)55-27-13-9-23-51(55)64)43-17-16-18-44(38-43)76-45-29-30-47-56-31-32-57-63-48-20-6-10-24-52(48)65(53-25-11-7-21-49(53)63)67(57)69(56)75(61(47)39-45)62-37-42(35-36-72-62)71(3,4)5/h6-39,41,63-66H,40H2,1-5H3. The largest absolute Gasteiger partial charge is 0.457 e. The monoisotopic (exact) mass is 980 g/mol. The van der Waals surface area contributed by atoms with E-state index in [2.05, 4.69) is 249 Å². The molecule has 0 N–H and O–H groups in total. The first-order valence-corrected chi connectivity index (χ1v) is 27.2. The Bertz CT molecular complexity index is 4170. The van der Waals surface area contributed by atoms with Crippen LogP contribution in [0.1, 0.15) is 142 Å². The molecule has 0 radical (unpaired) electrons. The Kier molecular flexibility index (Phi) is 9.16. The zero-order valence-electron chi connectivity index (χ0n) is 43.4. The van der Waals surface area contributed by atoms with Crippen LogP contribution in [0.3, 0.4) is 0 Å². The molecular formula is C71H56N4O. The summed E-state index contributed by atoms with van der Waals surface area (Å²) in [5.41, 5.74) is 26.7. The molecule has 0 fully saturated rings. The van der Waals surface area contributed by atoms with Crippen LogP contribution in [0, 0.1) is 0 Å². The molecule has 7 aliphatic rings. The van der Waals surface area contributed by atoms with Gasteiger partial charge in [-0.25, -0.2) is 4.98 Å². The van der Waals surface area contributed by atoms with Gasteiger partial charge in [0, 0.05) is 64.1 Å². The molecule has 0 saturated carbocycles. The van der Waals surface area contributed by atoms with Gasteiger partial charge in [0.25, 0.3) is 0 Å². The third-order valence-corrected chi connectivity index (χ3v) is 17.8. The van der Waals surface area contributed by atoms with Gasteiger partial charge in [-0.3, -0.25) is 4.57 Å². The summed E-state index contributed by atoms with van der Waals surface area (Å²) in [6, 6.07) is 75.1. The molecule has 5 nitrogen and oxygen atoms in total. The lowest BCUT2D eigenvalue weighted by atomic mass is 9.60. The number of aromatic nitrogens is 2. The van der Waals surface area contributed by atoms with E-state index in [1.54, 1.807) is 0 Å². The average Bonchev–Trinajstić information content (AvgIpc) is 4.11. The lowest BCUT2D eigenvalue weighted by Gasteiger charge is -2.43.